The van der Waals surface area contributed by atoms with Crippen molar-refractivity contribution in [1.29, 1.82) is 0 Å². The van der Waals surface area contributed by atoms with Gasteiger partial charge in [0.25, 0.3) is 0 Å². The Kier molecular flexibility index (Phi) is 5.74. The summed E-state index contributed by atoms with van der Waals surface area (Å²) in [5, 5.41) is 6.83. The van der Waals surface area contributed by atoms with E-state index in [-0.39, 0.29) is 18.2 Å². The molecular formula is C12H18ClFN2. The molecule has 2 rings (SSSR count). The maximum Gasteiger partial charge on any atom is 0.123 e. The van der Waals surface area contributed by atoms with Crippen LogP contribution in [0.25, 0.3) is 0 Å². The Morgan fingerprint density at radius 3 is 2.69 bits per heavy atom. The van der Waals surface area contributed by atoms with E-state index < -0.39 is 0 Å². The Morgan fingerprint density at radius 2 is 2.06 bits per heavy atom. The lowest BCUT2D eigenvalue weighted by Crippen LogP contribution is -2.42. The summed E-state index contributed by atoms with van der Waals surface area (Å²) in [7, 11) is 0. The number of piperidine rings is 1. The third-order valence-electron chi connectivity index (χ3n) is 2.80. The van der Waals surface area contributed by atoms with E-state index in [1.807, 2.05) is 12.1 Å². The minimum Gasteiger partial charge on any atom is -0.315 e. The standard InChI is InChI=1S/C12H17FN2.ClH/c13-11-5-3-10(4-6-11)8-15-12-2-1-7-14-9-12;/h3-6,12,14-15H,1-2,7-9H2;1H. The fourth-order valence-corrected chi connectivity index (χ4v) is 1.89. The van der Waals surface area contributed by atoms with E-state index in [9.17, 15) is 4.39 Å². The van der Waals surface area contributed by atoms with E-state index in [0.717, 1.165) is 25.2 Å². The van der Waals surface area contributed by atoms with Crippen LogP contribution in [0.15, 0.2) is 24.3 Å². The average Bonchev–Trinajstić information content (AvgIpc) is 2.30. The van der Waals surface area contributed by atoms with E-state index in [0.29, 0.717) is 6.04 Å². The molecule has 1 unspecified atom stereocenters. The molecule has 1 aromatic rings. The maximum atomic E-state index is 12.7. The van der Waals surface area contributed by atoms with Gasteiger partial charge >= 0.3 is 0 Å². The van der Waals surface area contributed by atoms with Gasteiger partial charge in [0.2, 0.25) is 0 Å². The molecule has 1 atom stereocenters. The van der Waals surface area contributed by atoms with Crippen molar-refractivity contribution in [3.8, 4) is 0 Å². The molecule has 1 saturated heterocycles. The molecule has 0 bridgehead atoms. The largest absolute Gasteiger partial charge is 0.315 e. The molecule has 1 aliphatic heterocycles. The summed E-state index contributed by atoms with van der Waals surface area (Å²) >= 11 is 0. The van der Waals surface area contributed by atoms with Crippen molar-refractivity contribution < 1.29 is 4.39 Å². The summed E-state index contributed by atoms with van der Waals surface area (Å²) in [6, 6.07) is 7.24. The van der Waals surface area contributed by atoms with Crippen LogP contribution in [-0.2, 0) is 6.54 Å². The van der Waals surface area contributed by atoms with Gasteiger partial charge in [0.05, 0.1) is 0 Å². The number of halogens is 2. The molecule has 0 saturated carbocycles. The SMILES string of the molecule is Cl.Fc1ccc(CNC2CCCNC2)cc1. The molecule has 0 aromatic heterocycles. The van der Waals surface area contributed by atoms with Gasteiger partial charge in [0, 0.05) is 19.1 Å². The first kappa shape index (κ1) is 13.4. The highest BCUT2D eigenvalue weighted by atomic mass is 35.5. The van der Waals surface area contributed by atoms with Crippen LogP contribution in [0, 0.1) is 5.82 Å². The minimum atomic E-state index is -0.168. The Hall–Kier alpha value is -0.640. The van der Waals surface area contributed by atoms with Gasteiger partial charge in [0.15, 0.2) is 0 Å². The van der Waals surface area contributed by atoms with Crippen molar-refractivity contribution in [2.45, 2.75) is 25.4 Å². The smallest absolute Gasteiger partial charge is 0.123 e. The topological polar surface area (TPSA) is 24.1 Å². The second kappa shape index (κ2) is 6.84. The molecule has 16 heavy (non-hydrogen) atoms. The molecule has 90 valence electrons. The Bertz CT molecular complexity index is 296. The Balaban J connectivity index is 0.00000128. The van der Waals surface area contributed by atoms with Crippen molar-refractivity contribution in [3.63, 3.8) is 0 Å². The summed E-state index contributed by atoms with van der Waals surface area (Å²) in [6.07, 6.45) is 2.47. The van der Waals surface area contributed by atoms with Crippen molar-refractivity contribution in [1.82, 2.24) is 10.6 Å². The average molecular weight is 245 g/mol. The van der Waals surface area contributed by atoms with Crippen LogP contribution < -0.4 is 10.6 Å². The molecule has 1 aromatic carbocycles. The normalized spacial score (nSPS) is 20.2. The summed E-state index contributed by atoms with van der Waals surface area (Å²) < 4.78 is 12.7. The van der Waals surface area contributed by atoms with E-state index in [1.54, 1.807) is 0 Å². The lowest BCUT2D eigenvalue weighted by Gasteiger charge is -2.23. The number of benzene rings is 1. The summed E-state index contributed by atoms with van der Waals surface area (Å²) in [6.45, 7) is 3.00. The van der Waals surface area contributed by atoms with Gasteiger partial charge in [0.1, 0.15) is 5.82 Å². The highest BCUT2D eigenvalue weighted by molar-refractivity contribution is 5.85. The molecule has 0 spiro atoms. The molecule has 1 heterocycles. The van der Waals surface area contributed by atoms with Gasteiger partial charge in [-0.15, -0.1) is 12.4 Å². The van der Waals surface area contributed by atoms with Gasteiger partial charge in [-0.2, -0.15) is 0 Å². The molecule has 2 N–H and O–H groups in total. The molecule has 1 fully saturated rings. The van der Waals surface area contributed by atoms with E-state index in [1.165, 1.54) is 25.0 Å². The van der Waals surface area contributed by atoms with Crippen LogP contribution in [0.1, 0.15) is 18.4 Å². The van der Waals surface area contributed by atoms with E-state index in [4.69, 9.17) is 0 Å². The zero-order valence-corrected chi connectivity index (χ0v) is 10.0. The molecule has 0 radical (unpaired) electrons. The van der Waals surface area contributed by atoms with Crippen LogP contribution in [0.5, 0.6) is 0 Å². The highest BCUT2D eigenvalue weighted by Gasteiger charge is 2.11. The van der Waals surface area contributed by atoms with E-state index >= 15 is 0 Å². The summed E-state index contributed by atoms with van der Waals surface area (Å²) in [4.78, 5) is 0. The number of hydrogen-bond acceptors (Lipinski definition) is 2. The monoisotopic (exact) mass is 244 g/mol. The minimum absolute atomic E-state index is 0. The molecule has 1 aliphatic rings. The van der Waals surface area contributed by atoms with Crippen molar-refractivity contribution in [3.05, 3.63) is 35.6 Å². The zero-order valence-electron chi connectivity index (χ0n) is 9.21. The Labute approximate surface area is 102 Å². The van der Waals surface area contributed by atoms with Crippen LogP contribution >= 0.6 is 12.4 Å². The highest BCUT2D eigenvalue weighted by Crippen LogP contribution is 2.05. The van der Waals surface area contributed by atoms with Gasteiger partial charge in [-0.25, -0.2) is 4.39 Å². The maximum absolute atomic E-state index is 12.7. The van der Waals surface area contributed by atoms with Crippen LogP contribution in [0.4, 0.5) is 4.39 Å². The summed E-state index contributed by atoms with van der Waals surface area (Å²) in [5.74, 6) is -0.168. The zero-order chi connectivity index (χ0) is 10.5. The fourth-order valence-electron chi connectivity index (χ4n) is 1.89. The van der Waals surface area contributed by atoms with Crippen LogP contribution in [0.3, 0.4) is 0 Å². The first-order chi connectivity index (χ1) is 7.34. The first-order valence-corrected chi connectivity index (χ1v) is 5.53. The molecule has 0 amide bonds. The quantitative estimate of drug-likeness (QED) is 0.851. The van der Waals surface area contributed by atoms with Gasteiger partial charge in [-0.3, -0.25) is 0 Å². The predicted molar refractivity (Wildman–Crippen MR) is 66.4 cm³/mol. The Morgan fingerprint density at radius 1 is 1.31 bits per heavy atom. The van der Waals surface area contributed by atoms with E-state index in [2.05, 4.69) is 10.6 Å². The lowest BCUT2D eigenvalue weighted by molar-refractivity contribution is 0.389. The predicted octanol–water partition coefficient (Wildman–Crippen LogP) is 2.09. The van der Waals surface area contributed by atoms with Crippen molar-refractivity contribution >= 4 is 12.4 Å². The second-order valence-electron chi connectivity index (χ2n) is 4.05. The number of nitrogens with one attached hydrogen (secondary N) is 2. The van der Waals surface area contributed by atoms with Gasteiger partial charge in [-0.05, 0) is 37.1 Å². The number of rotatable bonds is 3. The number of hydrogen-bond donors (Lipinski definition) is 2. The van der Waals surface area contributed by atoms with Crippen molar-refractivity contribution in [2.75, 3.05) is 13.1 Å². The van der Waals surface area contributed by atoms with Crippen molar-refractivity contribution in [2.24, 2.45) is 0 Å². The van der Waals surface area contributed by atoms with Gasteiger partial charge < -0.3 is 10.6 Å². The molecular weight excluding hydrogens is 227 g/mol. The third-order valence-corrected chi connectivity index (χ3v) is 2.80. The van der Waals surface area contributed by atoms with Gasteiger partial charge in [-0.1, -0.05) is 12.1 Å². The third kappa shape index (κ3) is 4.08. The fraction of sp³-hybridized carbons (Fsp3) is 0.500. The molecule has 4 heteroatoms. The molecule has 0 aliphatic carbocycles. The van der Waals surface area contributed by atoms with Crippen LogP contribution in [0.2, 0.25) is 0 Å². The second-order valence-corrected chi connectivity index (χ2v) is 4.05. The summed E-state index contributed by atoms with van der Waals surface area (Å²) in [5.41, 5.74) is 1.14. The molecule has 2 nitrogen and oxygen atoms in total. The van der Waals surface area contributed by atoms with Crippen LogP contribution in [-0.4, -0.2) is 19.1 Å². The lowest BCUT2D eigenvalue weighted by atomic mass is 10.1. The first-order valence-electron chi connectivity index (χ1n) is 5.53.